The second kappa shape index (κ2) is 8.32. The van der Waals surface area contributed by atoms with Crippen molar-refractivity contribution in [2.75, 3.05) is 13.7 Å². The summed E-state index contributed by atoms with van der Waals surface area (Å²) in [6, 6.07) is 7.67. The fraction of sp³-hybridized carbons (Fsp3) is 0.429. The van der Waals surface area contributed by atoms with Crippen molar-refractivity contribution in [3.63, 3.8) is 0 Å². The van der Waals surface area contributed by atoms with Crippen molar-refractivity contribution in [2.45, 2.75) is 44.2 Å². The lowest BCUT2D eigenvalue weighted by atomic mass is 9.81. The minimum absolute atomic E-state index is 0.0660. The molecule has 1 aromatic carbocycles. The third kappa shape index (κ3) is 3.88. The summed E-state index contributed by atoms with van der Waals surface area (Å²) in [6.07, 6.45) is 9.48. The molecule has 0 spiro atoms. The number of ether oxygens (including phenoxy) is 1. The number of likely N-dealkylation sites (tertiary alicyclic amines) is 1. The molecule has 0 atom stereocenters. The van der Waals surface area contributed by atoms with Gasteiger partial charge in [-0.2, -0.15) is 4.98 Å². The standard InChI is InChI=1S/C21H27N3O2/c1-4-12-21(13-5-2)14-6-7-15-24(21)16-19-22-20(23-26-19)17-8-10-18(25-3)11-9-17/h4-5,8-11H,1-2,6-7,12-16H2,3H3. The normalized spacial score (nSPS) is 17.0. The summed E-state index contributed by atoms with van der Waals surface area (Å²) < 4.78 is 10.7. The third-order valence-corrected chi connectivity index (χ3v) is 5.18. The van der Waals surface area contributed by atoms with Crippen LogP contribution in [0.25, 0.3) is 11.4 Å². The van der Waals surface area contributed by atoms with Crippen molar-refractivity contribution in [3.05, 3.63) is 55.5 Å². The van der Waals surface area contributed by atoms with Gasteiger partial charge in [-0.1, -0.05) is 23.7 Å². The van der Waals surface area contributed by atoms with Gasteiger partial charge in [-0.15, -0.1) is 13.2 Å². The lowest BCUT2D eigenvalue weighted by Gasteiger charge is -2.46. The van der Waals surface area contributed by atoms with E-state index < -0.39 is 0 Å². The van der Waals surface area contributed by atoms with Crippen LogP contribution in [0.1, 0.15) is 38.0 Å². The molecule has 1 aliphatic heterocycles. The van der Waals surface area contributed by atoms with Crippen LogP contribution in [0, 0.1) is 0 Å². The maximum Gasteiger partial charge on any atom is 0.241 e. The predicted molar refractivity (Wildman–Crippen MR) is 103 cm³/mol. The Labute approximate surface area is 155 Å². The van der Waals surface area contributed by atoms with Crippen LogP contribution in [-0.2, 0) is 6.54 Å². The average Bonchev–Trinajstić information content (AvgIpc) is 3.13. The summed E-state index contributed by atoms with van der Waals surface area (Å²) in [5, 5.41) is 4.15. The summed E-state index contributed by atoms with van der Waals surface area (Å²) in [5.74, 6) is 2.07. The van der Waals surface area contributed by atoms with Gasteiger partial charge in [-0.05, 0) is 56.5 Å². The minimum atomic E-state index is 0.0660. The average molecular weight is 353 g/mol. The summed E-state index contributed by atoms with van der Waals surface area (Å²) in [7, 11) is 1.65. The summed E-state index contributed by atoms with van der Waals surface area (Å²) >= 11 is 0. The number of rotatable bonds is 8. The number of hydrogen-bond acceptors (Lipinski definition) is 5. The molecule has 5 heteroatoms. The van der Waals surface area contributed by atoms with Crippen molar-refractivity contribution in [2.24, 2.45) is 0 Å². The number of hydrogen-bond donors (Lipinski definition) is 0. The predicted octanol–water partition coefficient (Wildman–Crippen LogP) is 4.62. The van der Waals surface area contributed by atoms with Crippen molar-refractivity contribution in [3.8, 4) is 17.1 Å². The zero-order valence-corrected chi connectivity index (χ0v) is 15.5. The Kier molecular flexibility index (Phi) is 5.89. The van der Waals surface area contributed by atoms with Crippen LogP contribution in [0.15, 0.2) is 54.1 Å². The zero-order chi connectivity index (χ0) is 18.4. The van der Waals surface area contributed by atoms with E-state index in [-0.39, 0.29) is 5.54 Å². The summed E-state index contributed by atoms with van der Waals surface area (Å²) in [4.78, 5) is 7.07. The number of nitrogens with zero attached hydrogens (tertiary/aromatic N) is 3. The Bertz CT molecular complexity index is 726. The fourth-order valence-corrected chi connectivity index (χ4v) is 3.82. The molecule has 5 nitrogen and oxygen atoms in total. The highest BCUT2D eigenvalue weighted by molar-refractivity contribution is 5.55. The van der Waals surface area contributed by atoms with E-state index in [1.165, 1.54) is 12.8 Å². The molecule has 0 amide bonds. The highest BCUT2D eigenvalue weighted by atomic mass is 16.5. The third-order valence-electron chi connectivity index (χ3n) is 5.18. The van der Waals surface area contributed by atoms with Gasteiger partial charge in [-0.3, -0.25) is 4.90 Å². The molecule has 0 unspecified atom stereocenters. The molecule has 1 saturated heterocycles. The van der Waals surface area contributed by atoms with Crippen molar-refractivity contribution in [1.29, 1.82) is 0 Å². The molecule has 0 bridgehead atoms. The number of methoxy groups -OCH3 is 1. The zero-order valence-electron chi connectivity index (χ0n) is 15.5. The molecule has 1 fully saturated rings. The van der Waals surface area contributed by atoms with E-state index >= 15 is 0 Å². The molecule has 1 aromatic heterocycles. The van der Waals surface area contributed by atoms with E-state index in [4.69, 9.17) is 9.26 Å². The van der Waals surface area contributed by atoms with Crippen LogP contribution in [-0.4, -0.2) is 34.2 Å². The molecule has 2 aromatic rings. The molecule has 3 rings (SSSR count). The van der Waals surface area contributed by atoms with E-state index in [0.717, 1.165) is 37.1 Å². The number of aromatic nitrogens is 2. The van der Waals surface area contributed by atoms with Gasteiger partial charge in [0.05, 0.1) is 13.7 Å². The van der Waals surface area contributed by atoms with E-state index in [9.17, 15) is 0 Å². The van der Waals surface area contributed by atoms with Crippen LogP contribution in [0.4, 0.5) is 0 Å². The largest absolute Gasteiger partial charge is 0.497 e. The number of piperidine rings is 1. The Morgan fingerprint density at radius 3 is 2.58 bits per heavy atom. The molecule has 0 aliphatic carbocycles. The topological polar surface area (TPSA) is 51.4 Å². The molecular formula is C21H27N3O2. The van der Waals surface area contributed by atoms with Crippen LogP contribution < -0.4 is 4.74 Å². The molecule has 138 valence electrons. The molecule has 26 heavy (non-hydrogen) atoms. The lowest BCUT2D eigenvalue weighted by molar-refractivity contribution is 0.0337. The smallest absolute Gasteiger partial charge is 0.241 e. The van der Waals surface area contributed by atoms with Crippen LogP contribution in [0.5, 0.6) is 5.75 Å². The van der Waals surface area contributed by atoms with Gasteiger partial charge in [0.15, 0.2) is 0 Å². The quantitative estimate of drug-likeness (QED) is 0.648. The van der Waals surface area contributed by atoms with Gasteiger partial charge in [0.1, 0.15) is 5.75 Å². The molecule has 0 N–H and O–H groups in total. The highest BCUT2D eigenvalue weighted by Crippen LogP contribution is 2.36. The van der Waals surface area contributed by atoms with Gasteiger partial charge in [-0.25, -0.2) is 0 Å². The second-order valence-corrected chi connectivity index (χ2v) is 6.83. The summed E-state index contributed by atoms with van der Waals surface area (Å²) in [5.41, 5.74) is 0.985. The van der Waals surface area contributed by atoms with Crippen molar-refractivity contribution in [1.82, 2.24) is 15.0 Å². The van der Waals surface area contributed by atoms with E-state index in [1.54, 1.807) is 7.11 Å². The van der Waals surface area contributed by atoms with Gasteiger partial charge in [0.2, 0.25) is 11.7 Å². The molecule has 0 radical (unpaired) electrons. The Balaban J connectivity index is 1.77. The molecule has 2 heterocycles. The van der Waals surface area contributed by atoms with Gasteiger partial charge < -0.3 is 9.26 Å². The first-order chi connectivity index (χ1) is 12.7. The van der Waals surface area contributed by atoms with Crippen LogP contribution >= 0.6 is 0 Å². The van der Waals surface area contributed by atoms with Gasteiger partial charge >= 0.3 is 0 Å². The Morgan fingerprint density at radius 1 is 1.19 bits per heavy atom. The Morgan fingerprint density at radius 2 is 1.92 bits per heavy atom. The Hall–Kier alpha value is -2.40. The first-order valence-corrected chi connectivity index (χ1v) is 9.14. The van der Waals surface area contributed by atoms with Crippen molar-refractivity contribution >= 4 is 0 Å². The van der Waals surface area contributed by atoms with E-state index in [2.05, 4.69) is 28.2 Å². The van der Waals surface area contributed by atoms with E-state index in [1.807, 2.05) is 36.4 Å². The summed E-state index contributed by atoms with van der Waals surface area (Å²) in [6.45, 7) is 9.60. The number of benzene rings is 1. The highest BCUT2D eigenvalue weighted by Gasteiger charge is 2.37. The van der Waals surface area contributed by atoms with Gasteiger partial charge in [0, 0.05) is 11.1 Å². The first kappa shape index (κ1) is 18.4. The lowest BCUT2D eigenvalue weighted by Crippen LogP contribution is -2.50. The molecule has 0 saturated carbocycles. The van der Waals surface area contributed by atoms with Crippen molar-refractivity contribution < 1.29 is 9.26 Å². The van der Waals surface area contributed by atoms with E-state index in [0.29, 0.717) is 18.3 Å². The maximum absolute atomic E-state index is 5.54. The minimum Gasteiger partial charge on any atom is -0.497 e. The van der Waals surface area contributed by atoms with Gasteiger partial charge in [0.25, 0.3) is 0 Å². The molecule has 1 aliphatic rings. The SMILES string of the molecule is C=CCC1(CC=C)CCCCN1Cc1nc(-c2ccc(OC)cc2)no1. The monoisotopic (exact) mass is 353 g/mol. The van der Waals surface area contributed by atoms with Crippen LogP contribution in [0.2, 0.25) is 0 Å². The fourth-order valence-electron chi connectivity index (χ4n) is 3.82. The maximum atomic E-state index is 5.54. The van der Waals surface area contributed by atoms with Crippen LogP contribution in [0.3, 0.4) is 0 Å². The second-order valence-electron chi connectivity index (χ2n) is 6.83. The molecular weight excluding hydrogens is 326 g/mol. The first-order valence-electron chi connectivity index (χ1n) is 9.14.